The Morgan fingerprint density at radius 3 is 2.48 bits per heavy atom. The summed E-state index contributed by atoms with van der Waals surface area (Å²) in [6.07, 6.45) is 1.49. The number of aromatic nitrogens is 2. The molecule has 2 aromatic rings. The number of rotatable bonds is 4. The maximum absolute atomic E-state index is 13.0. The van der Waals surface area contributed by atoms with Crippen LogP contribution in [0.3, 0.4) is 0 Å². The van der Waals surface area contributed by atoms with E-state index in [1.54, 1.807) is 39.4 Å². The summed E-state index contributed by atoms with van der Waals surface area (Å²) in [4.78, 5) is 12.3. The van der Waals surface area contributed by atoms with Gasteiger partial charge in [-0.05, 0) is 56.0 Å². The van der Waals surface area contributed by atoms with Gasteiger partial charge in [0, 0.05) is 27.2 Å². The Bertz CT molecular complexity index is 1030. The number of methoxy groups -OCH3 is 1. The van der Waals surface area contributed by atoms with Gasteiger partial charge >= 0.3 is 5.69 Å². The van der Waals surface area contributed by atoms with E-state index in [-0.39, 0.29) is 22.7 Å². The third-order valence-corrected chi connectivity index (χ3v) is 7.67. The summed E-state index contributed by atoms with van der Waals surface area (Å²) in [5.74, 6) is 1.02. The summed E-state index contributed by atoms with van der Waals surface area (Å²) in [5, 5.41) is 3.39. The lowest BCUT2D eigenvalue weighted by Gasteiger charge is -2.37. The van der Waals surface area contributed by atoms with Gasteiger partial charge in [-0.3, -0.25) is 9.13 Å². The molecule has 0 radical (unpaired) electrons. The van der Waals surface area contributed by atoms with Crippen molar-refractivity contribution in [1.82, 2.24) is 19.2 Å². The predicted octanol–water partition coefficient (Wildman–Crippen LogP) is 0.168. The second kappa shape index (κ2) is 6.73. The van der Waals surface area contributed by atoms with E-state index >= 15 is 0 Å². The molecule has 2 heterocycles. The van der Waals surface area contributed by atoms with E-state index in [1.165, 1.54) is 9.13 Å². The molecule has 2 aliphatic rings. The molecule has 1 saturated heterocycles. The first kappa shape index (κ1) is 18.7. The number of nitrogens with one attached hydrogen (secondary N) is 2. The van der Waals surface area contributed by atoms with Crippen LogP contribution in [0.5, 0.6) is 0 Å². The first-order valence-corrected chi connectivity index (χ1v) is 10.7. The molecule has 1 aliphatic carbocycles. The van der Waals surface area contributed by atoms with Crippen LogP contribution < -0.4 is 15.7 Å². The maximum atomic E-state index is 13.0. The number of sulfonamides is 1. The quantitative estimate of drug-likeness (QED) is 0.771. The van der Waals surface area contributed by atoms with Crippen molar-refractivity contribution >= 4 is 21.1 Å². The maximum Gasteiger partial charge on any atom is 0.328 e. The normalized spacial score (nSPS) is 28.6. The van der Waals surface area contributed by atoms with Crippen molar-refractivity contribution in [3.05, 3.63) is 28.7 Å². The van der Waals surface area contributed by atoms with Crippen LogP contribution in [0.1, 0.15) is 12.8 Å². The number of benzene rings is 1. The zero-order valence-electron chi connectivity index (χ0n) is 15.8. The van der Waals surface area contributed by atoms with Gasteiger partial charge in [-0.1, -0.05) is 0 Å². The SMILES string of the molecule is CO[C@H]1C[C@@H]2CNC[C@@H]2C[C@@H]1NS(=O)(=O)c1ccc2c(c1)n(C)c(=O)n2C. The van der Waals surface area contributed by atoms with E-state index in [4.69, 9.17) is 4.74 Å². The molecule has 1 aliphatic heterocycles. The summed E-state index contributed by atoms with van der Waals surface area (Å²) in [7, 11) is 1.24. The second-order valence-corrected chi connectivity index (χ2v) is 9.42. The van der Waals surface area contributed by atoms with Gasteiger partial charge in [0.15, 0.2) is 0 Å². The Morgan fingerprint density at radius 2 is 1.78 bits per heavy atom. The van der Waals surface area contributed by atoms with E-state index < -0.39 is 10.0 Å². The van der Waals surface area contributed by atoms with Crippen molar-refractivity contribution in [1.29, 1.82) is 0 Å². The van der Waals surface area contributed by atoms with Gasteiger partial charge in [0.25, 0.3) is 0 Å². The molecule has 4 rings (SSSR count). The van der Waals surface area contributed by atoms with Crippen molar-refractivity contribution in [2.75, 3.05) is 20.2 Å². The van der Waals surface area contributed by atoms with Crippen LogP contribution in [0.2, 0.25) is 0 Å². The van der Waals surface area contributed by atoms with Gasteiger partial charge in [-0.15, -0.1) is 0 Å². The molecule has 0 bridgehead atoms. The zero-order valence-corrected chi connectivity index (χ0v) is 16.6. The Kier molecular flexibility index (Phi) is 4.66. The molecule has 2 fully saturated rings. The average molecular weight is 394 g/mol. The van der Waals surface area contributed by atoms with Crippen LogP contribution in [0.25, 0.3) is 11.0 Å². The fraction of sp³-hybridized carbons (Fsp3) is 0.611. The number of nitrogens with zero attached hydrogens (tertiary/aromatic N) is 2. The lowest BCUT2D eigenvalue weighted by Crippen LogP contribution is -2.50. The molecular weight excluding hydrogens is 368 g/mol. The topological polar surface area (TPSA) is 94.4 Å². The van der Waals surface area contributed by atoms with Crippen molar-refractivity contribution in [2.45, 2.75) is 29.9 Å². The van der Waals surface area contributed by atoms with Crippen LogP contribution in [0, 0.1) is 11.8 Å². The van der Waals surface area contributed by atoms with Crippen molar-refractivity contribution < 1.29 is 13.2 Å². The molecule has 0 spiro atoms. The van der Waals surface area contributed by atoms with Crippen molar-refractivity contribution in [2.24, 2.45) is 25.9 Å². The first-order valence-electron chi connectivity index (χ1n) is 9.23. The Balaban J connectivity index is 1.64. The van der Waals surface area contributed by atoms with Crippen LogP contribution in [-0.2, 0) is 28.9 Å². The van der Waals surface area contributed by atoms with Crippen LogP contribution in [0.4, 0.5) is 0 Å². The van der Waals surface area contributed by atoms with E-state index in [2.05, 4.69) is 10.0 Å². The summed E-state index contributed by atoms with van der Waals surface area (Å²) in [6.45, 7) is 1.90. The number of hydrogen-bond acceptors (Lipinski definition) is 5. The Morgan fingerprint density at radius 1 is 1.11 bits per heavy atom. The number of fused-ring (bicyclic) bond motifs is 2. The van der Waals surface area contributed by atoms with Crippen LogP contribution >= 0.6 is 0 Å². The van der Waals surface area contributed by atoms with E-state index in [1.807, 2.05) is 0 Å². The highest BCUT2D eigenvalue weighted by Gasteiger charge is 2.41. The van der Waals surface area contributed by atoms with Gasteiger partial charge in [0.2, 0.25) is 10.0 Å². The summed E-state index contributed by atoms with van der Waals surface area (Å²) < 4.78 is 37.5. The highest BCUT2D eigenvalue weighted by Crippen LogP contribution is 2.34. The summed E-state index contributed by atoms with van der Waals surface area (Å²) in [6, 6.07) is 4.53. The van der Waals surface area contributed by atoms with Crippen molar-refractivity contribution in [3.8, 4) is 0 Å². The molecule has 0 unspecified atom stereocenters. The lowest BCUT2D eigenvalue weighted by molar-refractivity contribution is 0.0194. The van der Waals surface area contributed by atoms with Gasteiger partial charge in [0.05, 0.1) is 22.0 Å². The fourth-order valence-electron chi connectivity index (χ4n) is 4.59. The summed E-state index contributed by atoms with van der Waals surface area (Å²) in [5.41, 5.74) is 1.12. The highest BCUT2D eigenvalue weighted by atomic mass is 32.2. The van der Waals surface area contributed by atoms with E-state index in [9.17, 15) is 13.2 Å². The molecule has 148 valence electrons. The molecule has 1 aromatic carbocycles. The monoisotopic (exact) mass is 394 g/mol. The average Bonchev–Trinajstić information content (AvgIpc) is 3.19. The molecule has 1 aromatic heterocycles. The molecule has 1 saturated carbocycles. The largest absolute Gasteiger partial charge is 0.380 e. The summed E-state index contributed by atoms with van der Waals surface area (Å²) >= 11 is 0. The number of aryl methyl sites for hydroxylation is 2. The fourth-order valence-corrected chi connectivity index (χ4v) is 5.88. The zero-order chi connectivity index (χ0) is 19.3. The number of ether oxygens (including phenoxy) is 1. The Hall–Kier alpha value is -1.68. The van der Waals surface area contributed by atoms with Crippen LogP contribution in [-0.4, -0.2) is 49.9 Å². The standard InChI is InChI=1S/C18H26N4O4S/c1-21-15-5-4-13(8-16(15)22(2)18(21)23)27(24,25)20-14-6-11-9-19-10-12(11)7-17(14)26-3/h4-5,8,11-12,14,17,19-20H,6-7,9-10H2,1-3H3/t11-,12+,14-,17-/m0/s1. The first-order chi connectivity index (χ1) is 12.8. The molecular formula is C18H26N4O4S. The van der Waals surface area contributed by atoms with Gasteiger partial charge in [-0.2, -0.15) is 0 Å². The number of imidazole rings is 1. The molecule has 27 heavy (non-hydrogen) atoms. The molecule has 9 heteroatoms. The third kappa shape index (κ3) is 3.12. The molecule has 4 atom stereocenters. The Labute approximate surface area is 158 Å². The lowest BCUT2D eigenvalue weighted by atomic mass is 9.78. The molecule has 0 amide bonds. The molecule has 8 nitrogen and oxygen atoms in total. The van der Waals surface area contributed by atoms with E-state index in [0.717, 1.165) is 25.9 Å². The molecule has 2 N–H and O–H groups in total. The van der Waals surface area contributed by atoms with Crippen LogP contribution in [0.15, 0.2) is 27.9 Å². The minimum atomic E-state index is -3.72. The highest BCUT2D eigenvalue weighted by molar-refractivity contribution is 7.89. The minimum Gasteiger partial charge on any atom is -0.380 e. The smallest absolute Gasteiger partial charge is 0.328 e. The van der Waals surface area contributed by atoms with Gasteiger partial charge < -0.3 is 10.1 Å². The van der Waals surface area contributed by atoms with Gasteiger partial charge in [-0.25, -0.2) is 17.9 Å². The van der Waals surface area contributed by atoms with Crippen molar-refractivity contribution in [3.63, 3.8) is 0 Å². The predicted molar refractivity (Wildman–Crippen MR) is 102 cm³/mol. The van der Waals surface area contributed by atoms with E-state index in [0.29, 0.717) is 22.9 Å². The minimum absolute atomic E-state index is 0.134. The third-order valence-electron chi connectivity index (χ3n) is 6.18. The number of hydrogen-bond donors (Lipinski definition) is 2. The second-order valence-electron chi connectivity index (χ2n) is 7.70. The van der Waals surface area contributed by atoms with Gasteiger partial charge in [0.1, 0.15) is 0 Å².